The van der Waals surface area contributed by atoms with Gasteiger partial charge in [0.15, 0.2) is 0 Å². The number of rotatable bonds is 7. The molecule has 0 atom stereocenters. The van der Waals surface area contributed by atoms with Gasteiger partial charge in [0, 0.05) is 5.39 Å². The number of hydrogen-bond donors (Lipinski definition) is 0. The molecule has 0 aliphatic rings. The largest absolute Gasteiger partial charge is 0.493 e. The number of carbonyl (C=O) groups is 2. The first-order chi connectivity index (χ1) is 14.0. The third-order valence-electron chi connectivity index (χ3n) is 4.64. The van der Waals surface area contributed by atoms with Crippen LogP contribution in [0, 0.1) is 13.8 Å². The van der Waals surface area contributed by atoms with E-state index in [1.54, 1.807) is 0 Å². The summed E-state index contributed by atoms with van der Waals surface area (Å²) < 4.78 is 15.9. The van der Waals surface area contributed by atoms with Crippen molar-refractivity contribution in [2.24, 2.45) is 0 Å². The van der Waals surface area contributed by atoms with Gasteiger partial charge >= 0.3 is 11.9 Å². The van der Waals surface area contributed by atoms with E-state index in [0.717, 1.165) is 27.8 Å². The zero-order chi connectivity index (χ0) is 20.8. The molecule has 3 rings (SSSR count). The first-order valence-electron chi connectivity index (χ1n) is 9.32. The molecule has 0 amide bonds. The van der Waals surface area contributed by atoms with Crippen molar-refractivity contribution >= 4 is 22.8 Å². The molecule has 6 nitrogen and oxygen atoms in total. The lowest BCUT2D eigenvalue weighted by molar-refractivity contribution is -0.145. The van der Waals surface area contributed by atoms with Crippen LogP contribution in [0.5, 0.6) is 5.75 Å². The molecule has 0 radical (unpaired) electrons. The van der Waals surface area contributed by atoms with Crippen LogP contribution in [0.4, 0.5) is 0 Å². The van der Waals surface area contributed by atoms with Gasteiger partial charge in [-0.3, -0.25) is 4.79 Å². The lowest BCUT2D eigenvalue weighted by atomic mass is 10.0. The number of aryl methyl sites for hydroxylation is 2. The SMILES string of the molecule is COC(=O)c1c(COC(=O)CCOc2ccccc2C)nc2ccccc2c1C. The Morgan fingerprint density at radius 3 is 2.48 bits per heavy atom. The maximum atomic E-state index is 12.3. The van der Waals surface area contributed by atoms with Gasteiger partial charge in [-0.05, 0) is 37.1 Å². The van der Waals surface area contributed by atoms with Crippen molar-refractivity contribution in [3.05, 3.63) is 70.9 Å². The topological polar surface area (TPSA) is 74.7 Å². The van der Waals surface area contributed by atoms with Crippen LogP contribution in [0.1, 0.15) is 33.6 Å². The first kappa shape index (κ1) is 20.3. The van der Waals surface area contributed by atoms with Crippen LogP contribution >= 0.6 is 0 Å². The van der Waals surface area contributed by atoms with Crippen molar-refractivity contribution in [1.82, 2.24) is 4.98 Å². The second-order valence-corrected chi connectivity index (χ2v) is 6.59. The van der Waals surface area contributed by atoms with Crippen LogP contribution in [0.2, 0.25) is 0 Å². The second-order valence-electron chi connectivity index (χ2n) is 6.59. The first-order valence-corrected chi connectivity index (χ1v) is 9.32. The van der Waals surface area contributed by atoms with Gasteiger partial charge < -0.3 is 14.2 Å². The van der Waals surface area contributed by atoms with Crippen molar-refractivity contribution < 1.29 is 23.8 Å². The van der Waals surface area contributed by atoms with Gasteiger partial charge in [-0.25, -0.2) is 9.78 Å². The molecule has 0 aliphatic heterocycles. The van der Waals surface area contributed by atoms with Crippen LogP contribution in [-0.2, 0) is 20.9 Å². The Balaban J connectivity index is 1.68. The molecule has 0 unspecified atom stereocenters. The van der Waals surface area contributed by atoms with E-state index in [0.29, 0.717) is 11.3 Å². The van der Waals surface area contributed by atoms with Crippen molar-refractivity contribution in [2.45, 2.75) is 26.9 Å². The van der Waals surface area contributed by atoms with Crippen molar-refractivity contribution in [1.29, 1.82) is 0 Å². The fourth-order valence-electron chi connectivity index (χ4n) is 3.10. The zero-order valence-corrected chi connectivity index (χ0v) is 16.7. The van der Waals surface area contributed by atoms with Crippen LogP contribution < -0.4 is 4.74 Å². The summed E-state index contributed by atoms with van der Waals surface area (Å²) in [6.07, 6.45) is 0.0917. The second kappa shape index (κ2) is 9.19. The van der Waals surface area contributed by atoms with E-state index >= 15 is 0 Å². The molecule has 0 bridgehead atoms. The van der Waals surface area contributed by atoms with E-state index in [4.69, 9.17) is 14.2 Å². The van der Waals surface area contributed by atoms with Crippen molar-refractivity contribution in [3.8, 4) is 5.75 Å². The highest BCUT2D eigenvalue weighted by Crippen LogP contribution is 2.24. The summed E-state index contributed by atoms with van der Waals surface area (Å²) >= 11 is 0. The molecule has 0 saturated heterocycles. The molecule has 1 heterocycles. The normalized spacial score (nSPS) is 10.6. The average molecular weight is 393 g/mol. The maximum Gasteiger partial charge on any atom is 0.340 e. The third kappa shape index (κ3) is 4.71. The van der Waals surface area contributed by atoms with E-state index in [2.05, 4.69) is 4.98 Å². The number of nitrogens with zero attached hydrogens (tertiary/aromatic N) is 1. The van der Waals surface area contributed by atoms with Crippen molar-refractivity contribution in [3.63, 3.8) is 0 Å². The zero-order valence-electron chi connectivity index (χ0n) is 16.7. The van der Waals surface area contributed by atoms with E-state index in [9.17, 15) is 9.59 Å². The Kier molecular flexibility index (Phi) is 6.44. The number of hydrogen-bond acceptors (Lipinski definition) is 6. The summed E-state index contributed by atoms with van der Waals surface area (Å²) in [6, 6.07) is 15.1. The number of methoxy groups -OCH3 is 1. The van der Waals surface area contributed by atoms with Crippen molar-refractivity contribution in [2.75, 3.05) is 13.7 Å². The number of ether oxygens (including phenoxy) is 3. The van der Waals surface area contributed by atoms with E-state index < -0.39 is 11.9 Å². The minimum atomic E-state index is -0.505. The molecule has 29 heavy (non-hydrogen) atoms. The predicted molar refractivity (Wildman–Crippen MR) is 109 cm³/mol. The van der Waals surface area contributed by atoms with Gasteiger partial charge in [0.05, 0.1) is 36.9 Å². The van der Waals surface area contributed by atoms with Crippen LogP contribution in [-0.4, -0.2) is 30.6 Å². The molecule has 6 heteroatoms. The Bertz CT molecular complexity index is 1040. The summed E-state index contributed by atoms with van der Waals surface area (Å²) in [5.41, 5.74) is 3.18. The minimum Gasteiger partial charge on any atom is -0.493 e. The van der Waals surface area contributed by atoms with Gasteiger partial charge in [-0.2, -0.15) is 0 Å². The van der Waals surface area contributed by atoms with Gasteiger partial charge in [-0.15, -0.1) is 0 Å². The molecule has 1 aromatic heterocycles. The average Bonchev–Trinajstić information content (AvgIpc) is 2.73. The fourth-order valence-corrected chi connectivity index (χ4v) is 3.10. The Labute approximate surface area is 169 Å². The smallest absolute Gasteiger partial charge is 0.340 e. The molecule has 0 spiro atoms. The van der Waals surface area contributed by atoms with Gasteiger partial charge in [0.25, 0.3) is 0 Å². The molecule has 0 saturated carbocycles. The number of pyridine rings is 1. The quantitative estimate of drug-likeness (QED) is 0.562. The standard InChI is InChI=1S/C23H23NO5/c1-15-8-4-7-11-20(15)28-13-12-21(25)29-14-19-22(23(26)27-3)16(2)17-9-5-6-10-18(17)24-19/h4-11H,12-14H2,1-3H3. The predicted octanol–water partition coefficient (Wildman–Crippen LogP) is 4.15. The highest BCUT2D eigenvalue weighted by atomic mass is 16.5. The van der Waals surface area contributed by atoms with E-state index in [1.165, 1.54) is 7.11 Å². The minimum absolute atomic E-state index is 0.0917. The van der Waals surface area contributed by atoms with Crippen LogP contribution in [0.25, 0.3) is 10.9 Å². The Hall–Kier alpha value is -3.41. The Morgan fingerprint density at radius 1 is 1.00 bits per heavy atom. The highest BCUT2D eigenvalue weighted by Gasteiger charge is 2.20. The van der Waals surface area contributed by atoms with E-state index in [-0.39, 0.29) is 19.6 Å². The summed E-state index contributed by atoms with van der Waals surface area (Å²) in [7, 11) is 1.32. The number of fused-ring (bicyclic) bond motifs is 1. The Morgan fingerprint density at radius 2 is 1.72 bits per heavy atom. The monoisotopic (exact) mass is 393 g/mol. The molecular weight excluding hydrogens is 370 g/mol. The third-order valence-corrected chi connectivity index (χ3v) is 4.64. The van der Waals surface area contributed by atoms with Crippen LogP contribution in [0.3, 0.4) is 0 Å². The lowest BCUT2D eigenvalue weighted by Gasteiger charge is -2.13. The highest BCUT2D eigenvalue weighted by molar-refractivity contribution is 5.98. The maximum absolute atomic E-state index is 12.3. The summed E-state index contributed by atoms with van der Waals surface area (Å²) in [4.78, 5) is 28.9. The van der Waals surface area contributed by atoms with Gasteiger partial charge in [0.1, 0.15) is 12.4 Å². The summed E-state index contributed by atoms with van der Waals surface area (Å²) in [5, 5.41) is 0.856. The number of esters is 2. The molecule has 0 fully saturated rings. The van der Waals surface area contributed by atoms with Gasteiger partial charge in [0.2, 0.25) is 0 Å². The molecule has 3 aromatic rings. The molecule has 0 aliphatic carbocycles. The van der Waals surface area contributed by atoms with E-state index in [1.807, 2.05) is 62.4 Å². The van der Waals surface area contributed by atoms with Crippen LogP contribution in [0.15, 0.2) is 48.5 Å². The number of carbonyl (C=O) groups excluding carboxylic acids is 2. The lowest BCUT2D eigenvalue weighted by Crippen LogP contribution is -2.15. The number of benzene rings is 2. The number of aromatic nitrogens is 1. The fraction of sp³-hybridized carbons (Fsp3) is 0.261. The molecule has 150 valence electrons. The molecule has 2 aromatic carbocycles. The summed E-state index contributed by atoms with van der Waals surface area (Å²) in [5.74, 6) is -0.197. The molecular formula is C23H23NO5. The number of para-hydroxylation sites is 2. The molecule has 0 N–H and O–H groups in total. The summed E-state index contributed by atoms with van der Waals surface area (Å²) in [6.45, 7) is 3.87. The van der Waals surface area contributed by atoms with Gasteiger partial charge in [-0.1, -0.05) is 36.4 Å².